The molecule has 8 heteroatoms. The van der Waals surface area contributed by atoms with Crippen molar-refractivity contribution in [1.82, 2.24) is 4.98 Å². The summed E-state index contributed by atoms with van der Waals surface area (Å²) >= 11 is 5.72. The quantitative estimate of drug-likeness (QED) is 0.668. The maximum atomic E-state index is 13.2. The molecule has 28 heavy (non-hydrogen) atoms. The highest BCUT2D eigenvalue weighted by Gasteiger charge is 2.12. The van der Waals surface area contributed by atoms with Gasteiger partial charge in [-0.1, -0.05) is 11.6 Å². The normalized spacial score (nSPS) is 12.4. The van der Waals surface area contributed by atoms with E-state index in [1.165, 1.54) is 18.2 Å². The second-order valence-corrected chi connectivity index (χ2v) is 6.41. The number of fused-ring (bicyclic) bond motifs is 1. The number of carbonyl (C=O) groups excluding carboxylic acids is 1. The van der Waals surface area contributed by atoms with Crippen molar-refractivity contribution >= 4 is 34.6 Å². The highest BCUT2D eigenvalue weighted by molar-refractivity contribution is 6.31. The second-order valence-electron chi connectivity index (χ2n) is 6.00. The average molecular weight is 400 g/mol. The summed E-state index contributed by atoms with van der Waals surface area (Å²) in [5.41, 5.74) is 2.12. The van der Waals surface area contributed by atoms with Crippen LogP contribution in [0.4, 0.5) is 21.5 Å². The molecule has 0 saturated heterocycles. The summed E-state index contributed by atoms with van der Waals surface area (Å²) in [6, 6.07) is 12.8. The van der Waals surface area contributed by atoms with Gasteiger partial charge in [-0.25, -0.2) is 9.37 Å². The molecule has 0 fully saturated rings. The molecule has 0 radical (unpaired) electrons. The number of hydrogen-bond acceptors (Lipinski definition) is 5. The van der Waals surface area contributed by atoms with E-state index in [2.05, 4.69) is 15.6 Å². The Labute approximate surface area is 165 Å². The Morgan fingerprint density at radius 1 is 0.964 bits per heavy atom. The number of nitrogens with one attached hydrogen (secondary N) is 2. The first-order valence-electron chi connectivity index (χ1n) is 8.47. The molecular weight excluding hydrogens is 385 g/mol. The van der Waals surface area contributed by atoms with E-state index in [0.717, 1.165) is 5.69 Å². The van der Waals surface area contributed by atoms with Crippen LogP contribution in [0, 0.1) is 5.82 Å². The van der Waals surface area contributed by atoms with Crippen LogP contribution in [0.3, 0.4) is 0 Å². The van der Waals surface area contributed by atoms with Crippen LogP contribution in [0.2, 0.25) is 5.02 Å². The summed E-state index contributed by atoms with van der Waals surface area (Å²) in [5, 5.41) is 5.76. The number of hydrogen-bond donors (Lipinski definition) is 2. The Balaban J connectivity index is 1.43. The van der Waals surface area contributed by atoms with Gasteiger partial charge in [0.15, 0.2) is 11.5 Å². The number of rotatable bonds is 4. The summed E-state index contributed by atoms with van der Waals surface area (Å²) in [7, 11) is 0. The number of benzene rings is 2. The number of pyridine rings is 1. The molecule has 2 heterocycles. The molecule has 1 amide bonds. The van der Waals surface area contributed by atoms with Crippen molar-refractivity contribution in [2.24, 2.45) is 0 Å². The molecule has 142 valence electrons. The molecule has 1 aliphatic heterocycles. The Morgan fingerprint density at radius 2 is 1.71 bits per heavy atom. The number of anilines is 3. The van der Waals surface area contributed by atoms with E-state index >= 15 is 0 Å². The first kappa shape index (κ1) is 18.1. The van der Waals surface area contributed by atoms with Crippen LogP contribution in [-0.2, 0) is 0 Å². The zero-order valence-electron chi connectivity index (χ0n) is 14.5. The fourth-order valence-corrected chi connectivity index (χ4v) is 2.84. The summed E-state index contributed by atoms with van der Waals surface area (Å²) in [6.45, 7) is 1.05. The minimum Gasteiger partial charge on any atom is -0.486 e. The number of halogens is 2. The van der Waals surface area contributed by atoms with E-state index in [0.29, 0.717) is 36.1 Å². The van der Waals surface area contributed by atoms with Crippen molar-refractivity contribution in [2.45, 2.75) is 0 Å². The average Bonchev–Trinajstić information content (AvgIpc) is 2.71. The lowest BCUT2D eigenvalue weighted by Gasteiger charge is -2.19. The van der Waals surface area contributed by atoms with Crippen LogP contribution in [0.15, 0.2) is 54.7 Å². The van der Waals surface area contributed by atoms with Crippen LogP contribution < -0.4 is 20.1 Å². The molecule has 0 saturated carbocycles. The number of carbonyl (C=O) groups is 1. The van der Waals surface area contributed by atoms with E-state index < -0.39 is 11.7 Å². The molecule has 0 atom stereocenters. The molecule has 2 aromatic carbocycles. The maximum absolute atomic E-state index is 13.2. The van der Waals surface area contributed by atoms with Crippen molar-refractivity contribution in [2.75, 3.05) is 23.8 Å². The van der Waals surface area contributed by atoms with Crippen LogP contribution in [-0.4, -0.2) is 24.1 Å². The summed E-state index contributed by atoms with van der Waals surface area (Å²) in [6.07, 6.45) is 1.54. The fraction of sp³-hybridized carbons (Fsp3) is 0.100. The van der Waals surface area contributed by atoms with Gasteiger partial charge in [-0.2, -0.15) is 0 Å². The SMILES string of the molecule is O=C(Nc1ccc(F)c(Cl)c1)c1ccc(Nc2ccc3c(c2)OCCO3)cn1. The van der Waals surface area contributed by atoms with E-state index in [-0.39, 0.29) is 10.7 Å². The number of amides is 1. The summed E-state index contributed by atoms with van der Waals surface area (Å²) in [4.78, 5) is 16.4. The fourth-order valence-electron chi connectivity index (χ4n) is 2.66. The van der Waals surface area contributed by atoms with Crippen LogP contribution in [0.25, 0.3) is 0 Å². The standard InChI is InChI=1S/C20H15ClFN3O3/c21-15-9-12(1-4-16(15)22)25-20(26)17-5-2-14(11-23-17)24-13-3-6-18-19(10-13)28-8-7-27-18/h1-6,9-11,24H,7-8H2,(H,25,26). The topological polar surface area (TPSA) is 72.5 Å². The molecule has 2 N–H and O–H groups in total. The lowest BCUT2D eigenvalue weighted by atomic mass is 10.2. The van der Waals surface area contributed by atoms with Crippen molar-refractivity contribution in [3.05, 3.63) is 71.3 Å². The maximum Gasteiger partial charge on any atom is 0.274 e. The largest absolute Gasteiger partial charge is 0.486 e. The van der Waals surface area contributed by atoms with Gasteiger partial charge in [-0.3, -0.25) is 4.79 Å². The van der Waals surface area contributed by atoms with Gasteiger partial charge in [0, 0.05) is 17.4 Å². The monoisotopic (exact) mass is 399 g/mol. The Kier molecular flexibility index (Phi) is 4.99. The van der Waals surface area contributed by atoms with Gasteiger partial charge in [-0.05, 0) is 42.5 Å². The minimum absolute atomic E-state index is 0.0651. The summed E-state index contributed by atoms with van der Waals surface area (Å²) in [5.74, 6) is 0.418. The van der Waals surface area contributed by atoms with E-state index in [4.69, 9.17) is 21.1 Å². The number of nitrogens with zero attached hydrogens (tertiary/aromatic N) is 1. The molecule has 0 aliphatic carbocycles. The molecule has 1 aromatic heterocycles. The molecule has 0 unspecified atom stereocenters. The van der Waals surface area contributed by atoms with E-state index in [1.807, 2.05) is 18.2 Å². The predicted octanol–water partition coefficient (Wildman–Crippen LogP) is 4.64. The van der Waals surface area contributed by atoms with Gasteiger partial charge in [0.2, 0.25) is 0 Å². The molecule has 6 nitrogen and oxygen atoms in total. The molecular formula is C20H15ClFN3O3. The molecule has 0 spiro atoms. The lowest BCUT2D eigenvalue weighted by Crippen LogP contribution is -2.15. The highest BCUT2D eigenvalue weighted by Crippen LogP contribution is 2.33. The third-order valence-corrected chi connectivity index (χ3v) is 4.29. The van der Waals surface area contributed by atoms with Gasteiger partial charge in [0.1, 0.15) is 24.7 Å². The predicted molar refractivity (Wildman–Crippen MR) is 104 cm³/mol. The van der Waals surface area contributed by atoms with Crippen molar-refractivity contribution in [3.63, 3.8) is 0 Å². The van der Waals surface area contributed by atoms with Crippen molar-refractivity contribution in [1.29, 1.82) is 0 Å². The number of ether oxygens (including phenoxy) is 2. The molecule has 4 rings (SSSR count). The van der Waals surface area contributed by atoms with Gasteiger partial charge >= 0.3 is 0 Å². The Morgan fingerprint density at radius 3 is 2.46 bits per heavy atom. The molecule has 0 bridgehead atoms. The number of aromatic nitrogens is 1. The third kappa shape index (κ3) is 3.99. The Hall–Kier alpha value is -3.32. The van der Waals surface area contributed by atoms with Gasteiger partial charge in [-0.15, -0.1) is 0 Å². The second kappa shape index (κ2) is 7.74. The van der Waals surface area contributed by atoms with E-state index in [9.17, 15) is 9.18 Å². The molecule has 3 aromatic rings. The summed E-state index contributed by atoms with van der Waals surface area (Å²) < 4.78 is 24.3. The Bertz CT molecular complexity index is 1030. The van der Waals surface area contributed by atoms with Crippen LogP contribution in [0.1, 0.15) is 10.5 Å². The first-order chi connectivity index (χ1) is 13.6. The third-order valence-electron chi connectivity index (χ3n) is 4.00. The van der Waals surface area contributed by atoms with Crippen molar-refractivity contribution in [3.8, 4) is 11.5 Å². The smallest absolute Gasteiger partial charge is 0.274 e. The molecule has 1 aliphatic rings. The zero-order chi connectivity index (χ0) is 19.5. The van der Waals surface area contributed by atoms with E-state index in [1.54, 1.807) is 18.3 Å². The minimum atomic E-state index is -0.549. The van der Waals surface area contributed by atoms with Gasteiger partial charge in [0.25, 0.3) is 5.91 Å². The first-order valence-corrected chi connectivity index (χ1v) is 8.85. The highest BCUT2D eigenvalue weighted by atomic mass is 35.5. The van der Waals surface area contributed by atoms with Gasteiger partial charge in [0.05, 0.1) is 16.9 Å². The van der Waals surface area contributed by atoms with Crippen LogP contribution >= 0.6 is 11.6 Å². The lowest BCUT2D eigenvalue weighted by molar-refractivity contribution is 0.102. The van der Waals surface area contributed by atoms with Crippen molar-refractivity contribution < 1.29 is 18.7 Å². The zero-order valence-corrected chi connectivity index (χ0v) is 15.3. The van der Waals surface area contributed by atoms with Crippen LogP contribution in [0.5, 0.6) is 11.5 Å². The van der Waals surface area contributed by atoms with Gasteiger partial charge < -0.3 is 20.1 Å².